The summed E-state index contributed by atoms with van der Waals surface area (Å²) in [5.74, 6) is 0.552. The van der Waals surface area contributed by atoms with E-state index < -0.39 is 0 Å². The molecule has 0 fully saturated rings. The van der Waals surface area contributed by atoms with E-state index in [1.165, 1.54) is 11.1 Å². The lowest BCUT2D eigenvalue weighted by atomic mass is 10.1. The lowest BCUT2D eigenvalue weighted by Gasteiger charge is -2.21. The SMILES string of the molecule is Cc1ccc(C2N=CC(C)CN2)cc1. The Morgan fingerprint density at radius 1 is 1.29 bits per heavy atom. The monoisotopic (exact) mass is 188 g/mol. The predicted molar refractivity (Wildman–Crippen MR) is 59.6 cm³/mol. The van der Waals surface area contributed by atoms with Crippen LogP contribution in [0.3, 0.4) is 0 Å². The maximum atomic E-state index is 4.47. The molecule has 14 heavy (non-hydrogen) atoms. The second-order valence-electron chi connectivity index (χ2n) is 4.00. The fraction of sp³-hybridized carbons (Fsp3) is 0.417. The average molecular weight is 188 g/mol. The van der Waals surface area contributed by atoms with Gasteiger partial charge >= 0.3 is 0 Å². The molecular formula is C12H16N2. The molecule has 2 atom stereocenters. The van der Waals surface area contributed by atoms with E-state index in [9.17, 15) is 0 Å². The molecule has 0 spiro atoms. The lowest BCUT2D eigenvalue weighted by molar-refractivity contribution is 0.496. The van der Waals surface area contributed by atoms with Gasteiger partial charge in [-0.2, -0.15) is 0 Å². The summed E-state index contributed by atoms with van der Waals surface area (Å²) in [5.41, 5.74) is 2.54. The van der Waals surface area contributed by atoms with Gasteiger partial charge in [0, 0.05) is 18.7 Å². The third kappa shape index (κ3) is 2.02. The van der Waals surface area contributed by atoms with E-state index in [1.54, 1.807) is 0 Å². The number of benzene rings is 1. The van der Waals surface area contributed by atoms with Crippen LogP contribution < -0.4 is 5.32 Å². The van der Waals surface area contributed by atoms with Crippen molar-refractivity contribution in [1.29, 1.82) is 0 Å². The molecule has 1 aromatic rings. The molecule has 0 amide bonds. The Bertz CT molecular complexity index is 327. The number of aliphatic imine (C=N–C) groups is 1. The molecule has 1 aliphatic rings. The lowest BCUT2D eigenvalue weighted by Crippen LogP contribution is -2.30. The van der Waals surface area contributed by atoms with E-state index in [0.717, 1.165) is 6.54 Å². The van der Waals surface area contributed by atoms with Gasteiger partial charge in [0.2, 0.25) is 0 Å². The minimum Gasteiger partial charge on any atom is -0.291 e. The average Bonchev–Trinajstić information content (AvgIpc) is 2.21. The highest BCUT2D eigenvalue weighted by atomic mass is 15.1. The topological polar surface area (TPSA) is 24.4 Å². The first kappa shape index (κ1) is 9.41. The molecule has 1 heterocycles. The number of hydrogen-bond acceptors (Lipinski definition) is 2. The summed E-state index contributed by atoms with van der Waals surface area (Å²) in [5, 5.41) is 3.41. The highest BCUT2D eigenvalue weighted by molar-refractivity contribution is 5.61. The molecule has 0 bridgehead atoms. The molecule has 1 aliphatic heterocycles. The zero-order chi connectivity index (χ0) is 9.97. The second-order valence-corrected chi connectivity index (χ2v) is 4.00. The summed E-state index contributed by atoms with van der Waals surface area (Å²) >= 11 is 0. The van der Waals surface area contributed by atoms with Crippen LogP contribution in [0, 0.1) is 12.8 Å². The number of rotatable bonds is 1. The number of aryl methyl sites for hydroxylation is 1. The van der Waals surface area contributed by atoms with E-state index in [4.69, 9.17) is 0 Å². The molecule has 1 N–H and O–H groups in total. The molecule has 0 aliphatic carbocycles. The zero-order valence-corrected chi connectivity index (χ0v) is 8.70. The molecule has 2 heteroatoms. The van der Waals surface area contributed by atoms with Crippen LogP contribution in [0.1, 0.15) is 24.2 Å². The summed E-state index contributed by atoms with van der Waals surface area (Å²) in [6, 6.07) is 8.54. The third-order valence-electron chi connectivity index (χ3n) is 2.52. The molecule has 74 valence electrons. The number of hydrogen-bond donors (Lipinski definition) is 1. The number of nitrogens with zero attached hydrogens (tertiary/aromatic N) is 1. The van der Waals surface area contributed by atoms with Crippen LogP contribution in [0.5, 0.6) is 0 Å². The predicted octanol–water partition coefficient (Wildman–Crippen LogP) is 2.30. The van der Waals surface area contributed by atoms with Gasteiger partial charge in [0.1, 0.15) is 6.17 Å². The van der Waals surface area contributed by atoms with Crippen molar-refractivity contribution in [3.05, 3.63) is 35.4 Å². The highest BCUT2D eigenvalue weighted by Gasteiger charge is 2.13. The zero-order valence-electron chi connectivity index (χ0n) is 8.70. The fourth-order valence-electron chi connectivity index (χ4n) is 1.59. The molecular weight excluding hydrogens is 172 g/mol. The Labute approximate surface area is 85.1 Å². The van der Waals surface area contributed by atoms with Gasteiger partial charge in [0.25, 0.3) is 0 Å². The Morgan fingerprint density at radius 2 is 2.00 bits per heavy atom. The standard InChI is InChI=1S/C12H16N2/c1-9-3-5-11(6-4-9)12-13-7-10(2)8-14-12/h3-7,10,12,14H,8H2,1-2H3. The van der Waals surface area contributed by atoms with Gasteiger partial charge in [-0.15, -0.1) is 0 Å². The van der Waals surface area contributed by atoms with E-state index in [0.29, 0.717) is 5.92 Å². The van der Waals surface area contributed by atoms with Crippen molar-refractivity contribution in [2.45, 2.75) is 20.0 Å². The molecule has 2 rings (SSSR count). The van der Waals surface area contributed by atoms with Gasteiger partial charge in [0.15, 0.2) is 0 Å². The summed E-state index contributed by atoms with van der Waals surface area (Å²) < 4.78 is 0. The summed E-state index contributed by atoms with van der Waals surface area (Å²) in [6.45, 7) is 5.29. The van der Waals surface area contributed by atoms with Crippen molar-refractivity contribution in [2.24, 2.45) is 10.9 Å². The molecule has 0 aromatic heterocycles. The van der Waals surface area contributed by atoms with E-state index >= 15 is 0 Å². The Hall–Kier alpha value is -1.15. The largest absolute Gasteiger partial charge is 0.291 e. The van der Waals surface area contributed by atoms with Crippen molar-refractivity contribution in [2.75, 3.05) is 6.54 Å². The fourth-order valence-corrected chi connectivity index (χ4v) is 1.59. The first-order valence-corrected chi connectivity index (χ1v) is 5.09. The first-order chi connectivity index (χ1) is 6.75. The van der Waals surface area contributed by atoms with E-state index in [1.807, 2.05) is 6.21 Å². The quantitative estimate of drug-likeness (QED) is 0.718. The Balaban J connectivity index is 2.16. The van der Waals surface area contributed by atoms with E-state index in [-0.39, 0.29) is 6.17 Å². The molecule has 2 unspecified atom stereocenters. The number of nitrogens with one attached hydrogen (secondary N) is 1. The third-order valence-corrected chi connectivity index (χ3v) is 2.52. The van der Waals surface area contributed by atoms with E-state index in [2.05, 4.69) is 48.4 Å². The summed E-state index contributed by atoms with van der Waals surface area (Å²) in [4.78, 5) is 4.47. The van der Waals surface area contributed by atoms with Gasteiger partial charge in [-0.1, -0.05) is 36.8 Å². The van der Waals surface area contributed by atoms with Crippen molar-refractivity contribution in [1.82, 2.24) is 5.32 Å². The second kappa shape index (κ2) is 3.93. The first-order valence-electron chi connectivity index (χ1n) is 5.09. The maximum Gasteiger partial charge on any atom is 0.125 e. The van der Waals surface area contributed by atoms with Gasteiger partial charge in [-0.25, -0.2) is 0 Å². The van der Waals surface area contributed by atoms with Crippen LogP contribution in [0.4, 0.5) is 0 Å². The van der Waals surface area contributed by atoms with Crippen molar-refractivity contribution in [3.8, 4) is 0 Å². The molecule has 1 aromatic carbocycles. The van der Waals surface area contributed by atoms with Crippen LogP contribution >= 0.6 is 0 Å². The van der Waals surface area contributed by atoms with Crippen LogP contribution in [-0.2, 0) is 0 Å². The molecule has 0 radical (unpaired) electrons. The molecule has 0 saturated heterocycles. The smallest absolute Gasteiger partial charge is 0.125 e. The van der Waals surface area contributed by atoms with Crippen LogP contribution in [0.25, 0.3) is 0 Å². The van der Waals surface area contributed by atoms with Crippen LogP contribution in [0.2, 0.25) is 0 Å². The van der Waals surface area contributed by atoms with Gasteiger partial charge in [0.05, 0.1) is 0 Å². The van der Waals surface area contributed by atoms with Crippen molar-refractivity contribution in [3.63, 3.8) is 0 Å². The minimum atomic E-state index is 0.159. The molecule has 2 nitrogen and oxygen atoms in total. The van der Waals surface area contributed by atoms with Crippen molar-refractivity contribution >= 4 is 6.21 Å². The van der Waals surface area contributed by atoms with Gasteiger partial charge in [-0.3, -0.25) is 10.3 Å². The normalized spacial score (nSPS) is 26.4. The maximum absolute atomic E-state index is 4.47. The van der Waals surface area contributed by atoms with Gasteiger partial charge in [-0.05, 0) is 12.5 Å². The van der Waals surface area contributed by atoms with Crippen LogP contribution in [0.15, 0.2) is 29.3 Å². The Morgan fingerprint density at radius 3 is 2.57 bits per heavy atom. The minimum absolute atomic E-state index is 0.159. The van der Waals surface area contributed by atoms with Crippen LogP contribution in [-0.4, -0.2) is 12.8 Å². The van der Waals surface area contributed by atoms with Crippen molar-refractivity contribution < 1.29 is 0 Å². The Kier molecular flexibility index (Phi) is 2.64. The van der Waals surface area contributed by atoms with Gasteiger partial charge < -0.3 is 0 Å². The molecule has 0 saturated carbocycles. The summed E-state index contributed by atoms with van der Waals surface area (Å²) in [7, 11) is 0. The summed E-state index contributed by atoms with van der Waals surface area (Å²) in [6.07, 6.45) is 2.20. The highest BCUT2D eigenvalue weighted by Crippen LogP contribution is 2.17.